The van der Waals surface area contributed by atoms with E-state index in [1.807, 2.05) is 6.08 Å². The normalized spacial score (nSPS) is 52.0. The van der Waals surface area contributed by atoms with Gasteiger partial charge in [0.1, 0.15) is 5.60 Å². The predicted molar refractivity (Wildman–Crippen MR) is 90.5 cm³/mol. The van der Waals surface area contributed by atoms with Crippen LogP contribution in [0.15, 0.2) is 11.6 Å². The lowest BCUT2D eigenvalue weighted by atomic mass is 9.47. The minimum Gasteiger partial charge on any atom is -0.377 e. The SMILES string of the molecule is C[C@]12CCC(=O)C=C1CC[C@@H]1[C@@H]2CC[C@@]2(C)[C@H]1CC[C@@]2(O)[13C]#[13CH]. The lowest BCUT2D eigenvalue weighted by Gasteiger charge is -2.58. The number of allylic oxidation sites excluding steroid dienone is 1. The maximum absolute atomic E-state index is 11.8. The van der Waals surface area contributed by atoms with Crippen molar-refractivity contribution in [1.82, 2.24) is 0 Å². The molecule has 0 saturated heterocycles. The second-order valence-corrected chi connectivity index (χ2v) is 8.97. The summed E-state index contributed by atoms with van der Waals surface area (Å²) in [5.41, 5.74) is 0.575. The molecule has 2 heteroatoms. The van der Waals surface area contributed by atoms with Crippen LogP contribution in [-0.4, -0.2) is 16.5 Å². The first-order valence-electron chi connectivity index (χ1n) is 9.28. The molecular formula is C21H28O2. The summed E-state index contributed by atoms with van der Waals surface area (Å²) < 4.78 is 0. The Kier molecular flexibility index (Phi) is 3.18. The molecule has 0 radical (unpaired) electrons. The Hall–Kier alpha value is -1.07. The van der Waals surface area contributed by atoms with Gasteiger partial charge in [-0.3, -0.25) is 4.79 Å². The van der Waals surface area contributed by atoms with E-state index >= 15 is 0 Å². The zero-order valence-electron chi connectivity index (χ0n) is 14.4. The molecule has 1 N–H and O–H groups in total. The van der Waals surface area contributed by atoms with Crippen LogP contribution in [0.25, 0.3) is 0 Å². The van der Waals surface area contributed by atoms with Crippen LogP contribution in [0.2, 0.25) is 0 Å². The van der Waals surface area contributed by atoms with Gasteiger partial charge in [-0.05, 0) is 74.2 Å². The fraction of sp³-hybridized carbons (Fsp3) is 0.762. The molecule has 0 bridgehead atoms. The second kappa shape index (κ2) is 4.73. The number of carbonyl (C=O) groups excluding carboxylic acids is 1. The summed E-state index contributed by atoms with van der Waals surface area (Å²) >= 11 is 0. The molecule has 0 unspecified atom stereocenters. The third-order valence-electron chi connectivity index (χ3n) is 8.35. The van der Waals surface area contributed by atoms with Gasteiger partial charge in [0.15, 0.2) is 5.78 Å². The Labute approximate surface area is 139 Å². The van der Waals surface area contributed by atoms with Gasteiger partial charge in [-0.1, -0.05) is 25.3 Å². The van der Waals surface area contributed by atoms with E-state index in [9.17, 15) is 9.90 Å². The highest BCUT2D eigenvalue weighted by molar-refractivity contribution is 5.91. The highest BCUT2D eigenvalue weighted by Gasteiger charge is 2.63. The van der Waals surface area contributed by atoms with E-state index in [1.165, 1.54) is 12.0 Å². The van der Waals surface area contributed by atoms with Crippen molar-refractivity contribution in [1.29, 1.82) is 0 Å². The molecule has 4 aliphatic rings. The zero-order valence-corrected chi connectivity index (χ0v) is 14.4. The fourth-order valence-corrected chi connectivity index (χ4v) is 6.81. The first-order valence-corrected chi connectivity index (χ1v) is 9.28. The fourth-order valence-electron chi connectivity index (χ4n) is 6.81. The van der Waals surface area contributed by atoms with Gasteiger partial charge in [0.25, 0.3) is 0 Å². The van der Waals surface area contributed by atoms with Crippen LogP contribution in [-0.2, 0) is 4.79 Å². The lowest BCUT2D eigenvalue weighted by molar-refractivity contribution is -0.119. The van der Waals surface area contributed by atoms with Gasteiger partial charge >= 0.3 is 0 Å². The molecule has 2 nitrogen and oxygen atoms in total. The topological polar surface area (TPSA) is 37.3 Å². The van der Waals surface area contributed by atoms with Crippen molar-refractivity contribution in [2.45, 2.75) is 70.8 Å². The molecule has 4 aliphatic carbocycles. The van der Waals surface area contributed by atoms with Crippen LogP contribution >= 0.6 is 0 Å². The Morgan fingerprint density at radius 2 is 1.87 bits per heavy atom. The van der Waals surface area contributed by atoms with E-state index in [0.29, 0.717) is 30.0 Å². The Bertz CT molecular complexity index is 626. The summed E-state index contributed by atoms with van der Waals surface area (Å²) in [7, 11) is 0. The highest BCUT2D eigenvalue weighted by Crippen LogP contribution is 2.67. The number of hydrogen-bond donors (Lipinski definition) is 1. The first kappa shape index (κ1) is 15.5. The van der Waals surface area contributed by atoms with Crippen molar-refractivity contribution in [3.05, 3.63) is 11.6 Å². The van der Waals surface area contributed by atoms with E-state index in [4.69, 9.17) is 6.42 Å². The lowest BCUT2D eigenvalue weighted by Crippen LogP contribution is -2.54. The van der Waals surface area contributed by atoms with Crippen LogP contribution in [0.4, 0.5) is 0 Å². The monoisotopic (exact) mass is 314 g/mol. The molecule has 0 aromatic rings. The maximum Gasteiger partial charge on any atom is 0.155 e. The van der Waals surface area contributed by atoms with Crippen molar-refractivity contribution in [2.75, 3.05) is 0 Å². The quantitative estimate of drug-likeness (QED) is 0.544. The van der Waals surface area contributed by atoms with Gasteiger partial charge in [0.05, 0.1) is 0 Å². The average Bonchev–Trinajstić information content (AvgIpc) is 2.80. The Morgan fingerprint density at radius 3 is 2.61 bits per heavy atom. The van der Waals surface area contributed by atoms with Crippen molar-refractivity contribution < 1.29 is 9.90 Å². The average molecular weight is 314 g/mol. The van der Waals surface area contributed by atoms with Gasteiger partial charge < -0.3 is 5.11 Å². The largest absolute Gasteiger partial charge is 0.377 e. The second-order valence-electron chi connectivity index (χ2n) is 8.97. The molecule has 0 aromatic heterocycles. The molecule has 0 spiro atoms. The van der Waals surface area contributed by atoms with Crippen LogP contribution in [0.1, 0.15) is 65.2 Å². The van der Waals surface area contributed by atoms with Gasteiger partial charge in [-0.25, -0.2) is 0 Å². The van der Waals surface area contributed by atoms with Crippen molar-refractivity contribution >= 4 is 5.78 Å². The number of aliphatic hydroxyl groups is 1. The smallest absolute Gasteiger partial charge is 0.155 e. The molecular weight excluding hydrogens is 286 g/mol. The van der Waals surface area contributed by atoms with Crippen molar-refractivity contribution in [3.8, 4) is 12.3 Å². The van der Waals surface area contributed by atoms with Crippen molar-refractivity contribution in [3.63, 3.8) is 0 Å². The number of hydrogen-bond acceptors (Lipinski definition) is 2. The molecule has 0 aliphatic heterocycles. The molecule has 3 saturated carbocycles. The van der Waals surface area contributed by atoms with E-state index in [-0.39, 0.29) is 10.8 Å². The van der Waals surface area contributed by atoms with E-state index in [2.05, 4.69) is 19.8 Å². The molecule has 0 amide bonds. The van der Waals surface area contributed by atoms with Gasteiger partial charge in [-0.15, -0.1) is 6.42 Å². The molecule has 4 rings (SSSR count). The molecule has 124 valence electrons. The van der Waals surface area contributed by atoms with E-state index in [0.717, 1.165) is 38.5 Å². The molecule has 23 heavy (non-hydrogen) atoms. The summed E-state index contributed by atoms with van der Waals surface area (Å²) in [6.45, 7) is 4.63. The number of rotatable bonds is 0. The summed E-state index contributed by atoms with van der Waals surface area (Å²) in [5.74, 6) is 4.93. The van der Waals surface area contributed by atoms with Crippen LogP contribution in [0.5, 0.6) is 0 Å². The predicted octanol–water partition coefficient (Wildman–Crippen LogP) is 3.88. The third kappa shape index (κ3) is 1.84. The molecule has 0 aromatic carbocycles. The van der Waals surface area contributed by atoms with Gasteiger partial charge in [0, 0.05) is 11.8 Å². The minimum absolute atomic E-state index is 0.120. The van der Waals surface area contributed by atoms with Gasteiger partial charge in [0.2, 0.25) is 0 Å². The summed E-state index contributed by atoms with van der Waals surface area (Å²) in [6.07, 6.45) is 15.6. The Morgan fingerprint density at radius 1 is 1.13 bits per heavy atom. The van der Waals surface area contributed by atoms with E-state index < -0.39 is 5.60 Å². The van der Waals surface area contributed by atoms with Crippen LogP contribution in [0, 0.1) is 40.9 Å². The standard InChI is InChI=1S/C21H28O2/c1-4-21(23)12-9-18-16-6-5-14-13-15(22)7-10-19(14,2)17(16)8-11-20(18,21)3/h1,13,16-18,23H,5-12H2,2-3H3/t16-,17+,18+,19+,20+,21+/m1/s1/i1+1,4+1. The zero-order chi connectivity index (χ0) is 16.5. The number of terminal acetylenes is 1. The van der Waals surface area contributed by atoms with Gasteiger partial charge in [-0.2, -0.15) is 0 Å². The summed E-state index contributed by atoms with van der Waals surface area (Å²) in [5, 5.41) is 11.0. The third-order valence-corrected chi connectivity index (χ3v) is 8.35. The van der Waals surface area contributed by atoms with Crippen LogP contribution < -0.4 is 0 Å². The summed E-state index contributed by atoms with van der Waals surface area (Å²) in [4.78, 5) is 11.8. The minimum atomic E-state index is -0.914. The first-order chi connectivity index (χ1) is 10.8. The number of carbonyl (C=O) groups is 1. The molecule has 3 fully saturated rings. The molecule has 0 heterocycles. The maximum atomic E-state index is 11.8. The Balaban J connectivity index is 1.70. The summed E-state index contributed by atoms with van der Waals surface area (Å²) in [6, 6.07) is 0. The number of ketones is 1. The van der Waals surface area contributed by atoms with Crippen LogP contribution in [0.3, 0.4) is 0 Å². The van der Waals surface area contributed by atoms with Crippen molar-refractivity contribution in [2.24, 2.45) is 28.6 Å². The molecule has 6 atom stereocenters. The number of fused-ring (bicyclic) bond motifs is 5. The van der Waals surface area contributed by atoms with E-state index in [1.54, 1.807) is 0 Å². The highest BCUT2D eigenvalue weighted by atomic mass is 16.3.